The Morgan fingerprint density at radius 1 is 1.17 bits per heavy atom. The molecule has 36 heavy (non-hydrogen) atoms. The maximum absolute atomic E-state index is 14.4. The van der Waals surface area contributed by atoms with Crippen molar-refractivity contribution in [2.24, 2.45) is 34.5 Å². The van der Waals surface area contributed by atoms with E-state index < -0.39 is 35.2 Å². The Balaban J connectivity index is 1.50. The molecule has 7 heteroatoms. The summed E-state index contributed by atoms with van der Waals surface area (Å²) in [6.07, 6.45) is 6.82. The van der Waals surface area contributed by atoms with Gasteiger partial charge in [0, 0.05) is 19.0 Å². The van der Waals surface area contributed by atoms with Crippen LogP contribution in [0.2, 0.25) is 0 Å². The molecule has 1 spiro atoms. The molecule has 0 aromatic carbocycles. The lowest BCUT2D eigenvalue weighted by Gasteiger charge is -2.49. The molecule has 0 saturated heterocycles. The quantitative estimate of drug-likeness (QED) is 0.508. The summed E-state index contributed by atoms with van der Waals surface area (Å²) in [4.78, 5) is 29.0. The zero-order valence-electron chi connectivity index (χ0n) is 22.4. The van der Waals surface area contributed by atoms with Gasteiger partial charge in [-0.2, -0.15) is 0 Å². The van der Waals surface area contributed by atoms with Gasteiger partial charge in [0.15, 0.2) is 5.78 Å². The number of carbonyl (C=O) groups excluding carboxylic acids is 2. The summed E-state index contributed by atoms with van der Waals surface area (Å²) in [6, 6.07) is 0.137. The van der Waals surface area contributed by atoms with Gasteiger partial charge in [0.2, 0.25) is 0 Å². The first kappa shape index (κ1) is 25.9. The van der Waals surface area contributed by atoms with Gasteiger partial charge in [-0.05, 0) is 60.5 Å². The van der Waals surface area contributed by atoms with Crippen LogP contribution in [-0.2, 0) is 9.53 Å². The highest BCUT2D eigenvalue weighted by atomic mass is 16.6. The molecule has 0 aromatic heterocycles. The number of ether oxygens (including phenoxy) is 1. The molecule has 0 unspecified atom stereocenters. The standard InChI is InChI=1S/C29H43NO6/c1-6-18-13-21-22(27(21,3)4)20-12-17(15-36-26(34)30(5)19-10-8-7-9-11-19)24(32)29(35)23(31)16(2)14-28(18,29)25(20)33/h12,14,18-24,31-32,35H,6-11,13,15H2,1-5H3/t18-,20+,21-,22+,23+,24-,28+,29-/m1/s1. The van der Waals surface area contributed by atoms with E-state index in [9.17, 15) is 24.9 Å². The SMILES string of the molecule is CC[C@@H]1C[C@@H]2[C@H]([C@@H]3C=C(COC(=O)N(C)C4CCCCC4)[C@@H](O)[C@]4(O)[C@@H](O)C(C)=C[C@@]14C3=O)C2(C)C. The first-order valence-electron chi connectivity index (χ1n) is 13.8. The van der Waals surface area contributed by atoms with Crippen molar-refractivity contribution < 1.29 is 29.6 Å². The lowest BCUT2D eigenvalue weighted by molar-refractivity contribution is -0.191. The predicted molar refractivity (Wildman–Crippen MR) is 135 cm³/mol. The van der Waals surface area contributed by atoms with E-state index in [1.165, 1.54) is 6.42 Å². The number of ketones is 1. The molecule has 0 heterocycles. The first-order valence-corrected chi connectivity index (χ1v) is 13.8. The highest BCUT2D eigenvalue weighted by Gasteiger charge is 2.76. The molecule has 0 radical (unpaired) electrons. The van der Waals surface area contributed by atoms with Crippen LogP contribution in [0.4, 0.5) is 4.79 Å². The van der Waals surface area contributed by atoms with Gasteiger partial charge in [0.1, 0.15) is 24.4 Å². The van der Waals surface area contributed by atoms with Crippen molar-refractivity contribution >= 4 is 11.9 Å². The fraction of sp³-hybridized carbons (Fsp3) is 0.793. The number of rotatable bonds is 4. The van der Waals surface area contributed by atoms with Gasteiger partial charge < -0.3 is 25.0 Å². The Labute approximate surface area is 214 Å². The van der Waals surface area contributed by atoms with E-state index >= 15 is 0 Å². The normalized spacial score (nSPS) is 43.4. The maximum atomic E-state index is 14.4. The van der Waals surface area contributed by atoms with E-state index in [4.69, 9.17) is 4.74 Å². The van der Waals surface area contributed by atoms with Crippen LogP contribution in [0.3, 0.4) is 0 Å². The summed E-state index contributed by atoms with van der Waals surface area (Å²) in [6.45, 7) is 7.88. The molecular formula is C29H43NO6. The molecule has 8 atom stereocenters. The Morgan fingerprint density at radius 3 is 2.47 bits per heavy atom. The third-order valence-electron chi connectivity index (χ3n) is 10.8. The topological polar surface area (TPSA) is 107 Å². The fourth-order valence-corrected chi connectivity index (χ4v) is 8.56. The van der Waals surface area contributed by atoms with Crippen LogP contribution >= 0.6 is 0 Å². The van der Waals surface area contributed by atoms with Crippen LogP contribution in [0.25, 0.3) is 0 Å². The van der Waals surface area contributed by atoms with Gasteiger partial charge in [0.05, 0.1) is 5.41 Å². The van der Waals surface area contributed by atoms with Gasteiger partial charge >= 0.3 is 6.09 Å². The third-order valence-corrected chi connectivity index (χ3v) is 10.8. The van der Waals surface area contributed by atoms with Crippen LogP contribution in [0.1, 0.15) is 72.6 Å². The number of fused-ring (bicyclic) bond motifs is 3. The number of hydrogen-bond acceptors (Lipinski definition) is 6. The van der Waals surface area contributed by atoms with Gasteiger partial charge in [-0.15, -0.1) is 0 Å². The van der Waals surface area contributed by atoms with Crippen LogP contribution in [-0.4, -0.2) is 69.6 Å². The fourth-order valence-electron chi connectivity index (χ4n) is 8.56. The lowest BCUT2D eigenvalue weighted by Crippen LogP contribution is -2.65. The minimum atomic E-state index is -2.10. The highest BCUT2D eigenvalue weighted by molar-refractivity contribution is 5.95. The number of aliphatic hydroxyl groups excluding tert-OH is 2. The Hall–Kier alpha value is -1.70. The van der Waals surface area contributed by atoms with Gasteiger partial charge in [-0.1, -0.05) is 58.6 Å². The lowest BCUT2D eigenvalue weighted by atomic mass is 9.58. The smallest absolute Gasteiger partial charge is 0.410 e. The second-order valence-corrected chi connectivity index (χ2v) is 12.8. The average molecular weight is 502 g/mol. The highest BCUT2D eigenvalue weighted by Crippen LogP contribution is 2.72. The van der Waals surface area contributed by atoms with Crippen molar-refractivity contribution in [1.82, 2.24) is 4.90 Å². The first-order chi connectivity index (χ1) is 16.9. The Morgan fingerprint density at radius 2 is 1.83 bits per heavy atom. The molecule has 3 N–H and O–H groups in total. The number of amides is 1. The average Bonchev–Trinajstić information content (AvgIpc) is 3.38. The minimum Gasteiger partial charge on any atom is -0.445 e. The number of allylic oxidation sites excluding steroid dienone is 1. The summed E-state index contributed by atoms with van der Waals surface area (Å²) in [5.41, 5.74) is -2.69. The molecule has 3 saturated carbocycles. The molecule has 3 fully saturated rings. The van der Waals surface area contributed by atoms with Crippen molar-refractivity contribution in [3.8, 4) is 0 Å². The van der Waals surface area contributed by atoms with Crippen LogP contribution in [0.15, 0.2) is 23.3 Å². The molecule has 5 aliphatic rings. The second kappa shape index (κ2) is 8.67. The van der Waals surface area contributed by atoms with Crippen LogP contribution in [0, 0.1) is 34.5 Å². The summed E-state index contributed by atoms with van der Waals surface area (Å²) in [7, 11) is 1.75. The van der Waals surface area contributed by atoms with Crippen molar-refractivity contribution in [3.05, 3.63) is 23.3 Å². The van der Waals surface area contributed by atoms with Crippen molar-refractivity contribution in [2.45, 2.75) is 96.5 Å². The molecule has 5 rings (SSSR count). The number of nitrogens with zero attached hydrogens (tertiary/aromatic N) is 1. The summed E-state index contributed by atoms with van der Waals surface area (Å²) in [5.74, 6) is -0.423. The maximum Gasteiger partial charge on any atom is 0.410 e. The number of hydrogen-bond donors (Lipinski definition) is 3. The monoisotopic (exact) mass is 501 g/mol. The van der Waals surface area contributed by atoms with Crippen molar-refractivity contribution in [1.29, 1.82) is 0 Å². The molecule has 0 aliphatic heterocycles. The molecule has 5 aliphatic carbocycles. The van der Waals surface area contributed by atoms with Gasteiger partial charge in [-0.25, -0.2) is 4.79 Å². The van der Waals surface area contributed by atoms with Gasteiger partial charge in [0.25, 0.3) is 0 Å². The molecule has 200 valence electrons. The second-order valence-electron chi connectivity index (χ2n) is 12.8. The molecule has 2 bridgehead atoms. The molecular weight excluding hydrogens is 458 g/mol. The largest absolute Gasteiger partial charge is 0.445 e. The zero-order chi connectivity index (χ0) is 26.2. The Kier molecular flexibility index (Phi) is 6.24. The number of carbonyl (C=O) groups is 2. The third kappa shape index (κ3) is 3.34. The summed E-state index contributed by atoms with van der Waals surface area (Å²) >= 11 is 0. The molecule has 1 amide bonds. The van der Waals surface area contributed by atoms with Crippen LogP contribution in [0.5, 0.6) is 0 Å². The van der Waals surface area contributed by atoms with E-state index in [0.29, 0.717) is 23.5 Å². The number of Topliss-reactive ketones (excluding diaryl/α,β-unsaturated/α-hetero) is 1. The van der Waals surface area contributed by atoms with Crippen LogP contribution < -0.4 is 0 Å². The van der Waals surface area contributed by atoms with Crippen molar-refractivity contribution in [2.75, 3.05) is 13.7 Å². The minimum absolute atomic E-state index is 0.0295. The van der Waals surface area contributed by atoms with Crippen molar-refractivity contribution in [3.63, 3.8) is 0 Å². The summed E-state index contributed by atoms with van der Waals surface area (Å²) < 4.78 is 5.68. The van der Waals surface area contributed by atoms with E-state index in [1.54, 1.807) is 31.0 Å². The molecule has 0 aromatic rings. The zero-order valence-corrected chi connectivity index (χ0v) is 22.4. The molecule has 7 nitrogen and oxygen atoms in total. The van der Waals surface area contributed by atoms with E-state index in [-0.39, 0.29) is 35.7 Å². The van der Waals surface area contributed by atoms with Gasteiger partial charge in [-0.3, -0.25) is 4.79 Å². The van der Waals surface area contributed by atoms with E-state index in [2.05, 4.69) is 13.8 Å². The van der Waals surface area contributed by atoms with E-state index in [0.717, 1.165) is 32.1 Å². The Bertz CT molecular complexity index is 996. The predicted octanol–water partition coefficient (Wildman–Crippen LogP) is 3.61. The summed E-state index contributed by atoms with van der Waals surface area (Å²) in [5, 5.41) is 35.1. The number of aliphatic hydroxyl groups is 3. The van der Waals surface area contributed by atoms with E-state index in [1.807, 2.05) is 6.92 Å².